The molecule has 4 rings (SSSR count). The summed E-state index contributed by atoms with van der Waals surface area (Å²) in [6.07, 6.45) is 5.25. The van der Waals surface area contributed by atoms with Crippen molar-refractivity contribution in [1.29, 1.82) is 0 Å². The van der Waals surface area contributed by atoms with E-state index in [4.69, 9.17) is 4.74 Å². The quantitative estimate of drug-likeness (QED) is 0.460. The van der Waals surface area contributed by atoms with Crippen LogP contribution >= 0.6 is 0 Å². The Kier molecular flexibility index (Phi) is 5.38. The van der Waals surface area contributed by atoms with Crippen molar-refractivity contribution in [3.05, 3.63) is 103 Å². The number of aromatic amines is 1. The van der Waals surface area contributed by atoms with Crippen molar-refractivity contribution in [2.75, 3.05) is 11.9 Å². The Bertz CT molecular complexity index is 1110. The standard InChI is InChI=1S/C24H21N3O2/c1-2-16-29-19-11-8-18(9-12-19)22(27-21-7-3-4-14-25-21)20-13-10-17-6-5-15-26-23(17)24(20)28/h2-15,22,28H,1,16H2,(H,25,27)/p+1/t22-/m0/s1. The Labute approximate surface area is 169 Å². The molecule has 0 fully saturated rings. The zero-order valence-corrected chi connectivity index (χ0v) is 15.9. The van der Waals surface area contributed by atoms with Gasteiger partial charge in [-0.05, 0) is 30.3 Å². The number of hydrogen-bond donors (Lipinski definition) is 2. The number of aromatic nitrogens is 2. The van der Waals surface area contributed by atoms with Crippen molar-refractivity contribution >= 4 is 16.7 Å². The average Bonchev–Trinajstić information content (AvgIpc) is 2.78. The molecule has 2 aromatic heterocycles. The number of benzene rings is 2. The van der Waals surface area contributed by atoms with E-state index in [1.807, 2.05) is 72.9 Å². The molecule has 0 saturated heterocycles. The van der Waals surface area contributed by atoms with E-state index in [1.54, 1.807) is 12.3 Å². The van der Waals surface area contributed by atoms with Gasteiger partial charge in [0, 0.05) is 28.8 Å². The van der Waals surface area contributed by atoms with Crippen molar-refractivity contribution in [3.8, 4) is 11.5 Å². The molecular weight excluding hydrogens is 362 g/mol. The lowest BCUT2D eigenvalue weighted by Gasteiger charge is -2.18. The number of nitrogens with zero attached hydrogens (tertiary/aromatic N) is 1. The molecule has 0 aliphatic carbocycles. The highest BCUT2D eigenvalue weighted by molar-refractivity contribution is 5.85. The molecule has 1 atom stereocenters. The summed E-state index contributed by atoms with van der Waals surface area (Å²) in [4.78, 5) is 7.55. The third-order valence-corrected chi connectivity index (χ3v) is 4.68. The Morgan fingerprint density at radius 3 is 2.69 bits per heavy atom. The van der Waals surface area contributed by atoms with Gasteiger partial charge in [-0.25, -0.2) is 4.98 Å². The van der Waals surface area contributed by atoms with Crippen LogP contribution in [0.25, 0.3) is 10.9 Å². The summed E-state index contributed by atoms with van der Waals surface area (Å²) >= 11 is 0. The molecule has 0 unspecified atom stereocenters. The van der Waals surface area contributed by atoms with Gasteiger partial charge in [-0.2, -0.15) is 0 Å². The topological polar surface area (TPSA) is 68.5 Å². The van der Waals surface area contributed by atoms with E-state index < -0.39 is 0 Å². The lowest BCUT2D eigenvalue weighted by Crippen LogP contribution is -2.18. The number of ether oxygens (including phenoxy) is 1. The Hall–Kier alpha value is -3.86. The van der Waals surface area contributed by atoms with Crippen molar-refractivity contribution in [3.63, 3.8) is 0 Å². The largest absolute Gasteiger partial charge is 0.505 e. The van der Waals surface area contributed by atoms with E-state index in [2.05, 4.69) is 21.9 Å². The van der Waals surface area contributed by atoms with Gasteiger partial charge in [0.2, 0.25) is 0 Å². The van der Waals surface area contributed by atoms with Gasteiger partial charge >= 0.3 is 0 Å². The van der Waals surface area contributed by atoms with Gasteiger partial charge in [0.1, 0.15) is 29.7 Å². The predicted octanol–water partition coefficient (Wildman–Crippen LogP) is 4.52. The molecule has 0 bridgehead atoms. The number of nitrogens with one attached hydrogen (secondary N) is 2. The lowest BCUT2D eigenvalue weighted by atomic mass is 9.96. The Balaban J connectivity index is 1.76. The van der Waals surface area contributed by atoms with E-state index in [9.17, 15) is 5.11 Å². The van der Waals surface area contributed by atoms with Crippen LogP contribution in [0, 0.1) is 0 Å². The summed E-state index contributed by atoms with van der Waals surface area (Å²) in [5, 5.41) is 15.4. The summed E-state index contributed by atoms with van der Waals surface area (Å²) < 4.78 is 5.59. The molecule has 144 valence electrons. The zero-order chi connectivity index (χ0) is 20.1. The minimum Gasteiger partial charge on any atom is -0.505 e. The summed E-state index contributed by atoms with van der Waals surface area (Å²) in [6, 6.07) is 21.0. The molecule has 2 heterocycles. The average molecular weight is 384 g/mol. The summed E-state index contributed by atoms with van der Waals surface area (Å²) in [5.74, 6) is 1.77. The maximum atomic E-state index is 11.0. The Morgan fingerprint density at radius 2 is 1.93 bits per heavy atom. The second kappa shape index (κ2) is 8.44. The molecule has 0 radical (unpaired) electrons. The number of H-pyrrole nitrogens is 1. The van der Waals surface area contributed by atoms with Crippen molar-refractivity contribution < 1.29 is 14.8 Å². The summed E-state index contributed by atoms with van der Waals surface area (Å²) in [6.45, 7) is 4.13. The van der Waals surface area contributed by atoms with Gasteiger partial charge in [-0.15, -0.1) is 0 Å². The number of anilines is 1. The Morgan fingerprint density at radius 1 is 1.07 bits per heavy atom. The minimum atomic E-state index is -0.284. The first kappa shape index (κ1) is 18.5. The molecule has 0 saturated carbocycles. The van der Waals surface area contributed by atoms with Crippen LogP contribution in [0.2, 0.25) is 0 Å². The van der Waals surface area contributed by atoms with Crippen molar-refractivity contribution in [2.24, 2.45) is 0 Å². The zero-order valence-electron chi connectivity index (χ0n) is 15.9. The second-order valence-electron chi connectivity index (χ2n) is 6.60. The highest BCUT2D eigenvalue weighted by Crippen LogP contribution is 2.36. The van der Waals surface area contributed by atoms with Gasteiger partial charge in [0.05, 0.1) is 6.20 Å². The second-order valence-corrected chi connectivity index (χ2v) is 6.60. The lowest BCUT2D eigenvalue weighted by molar-refractivity contribution is -0.361. The molecule has 0 aliphatic heterocycles. The maximum Gasteiger partial charge on any atom is 0.272 e. The van der Waals surface area contributed by atoms with Crippen LogP contribution in [0.1, 0.15) is 17.2 Å². The van der Waals surface area contributed by atoms with Gasteiger partial charge in [0.25, 0.3) is 5.82 Å². The number of phenolic OH excluding ortho intramolecular Hbond substituents is 1. The van der Waals surface area contributed by atoms with Gasteiger partial charge < -0.3 is 9.84 Å². The maximum absolute atomic E-state index is 11.0. The molecule has 0 amide bonds. The van der Waals surface area contributed by atoms with Crippen LogP contribution < -0.4 is 15.0 Å². The van der Waals surface area contributed by atoms with E-state index in [-0.39, 0.29) is 11.8 Å². The number of phenols is 1. The molecule has 2 aromatic carbocycles. The molecule has 0 spiro atoms. The third-order valence-electron chi connectivity index (χ3n) is 4.68. The number of rotatable bonds is 7. The first-order chi connectivity index (χ1) is 14.3. The molecule has 3 N–H and O–H groups in total. The van der Waals surface area contributed by atoms with Gasteiger partial charge in [-0.3, -0.25) is 10.3 Å². The van der Waals surface area contributed by atoms with Gasteiger partial charge in [-0.1, -0.05) is 43.0 Å². The van der Waals surface area contributed by atoms with Crippen molar-refractivity contribution in [1.82, 2.24) is 4.98 Å². The van der Waals surface area contributed by atoms with E-state index in [1.165, 1.54) is 0 Å². The fourth-order valence-electron chi connectivity index (χ4n) is 3.27. The van der Waals surface area contributed by atoms with Crippen LogP contribution in [0.15, 0.2) is 91.8 Å². The van der Waals surface area contributed by atoms with Crippen LogP contribution in [0.4, 0.5) is 5.82 Å². The minimum absolute atomic E-state index is 0.170. The number of pyridine rings is 2. The SMILES string of the molecule is C=CCOc1ccc([C@H](Nc2cccc[nH+]2)c2ccc3cccnc3c2O)cc1. The number of fused-ring (bicyclic) bond motifs is 1. The molecule has 29 heavy (non-hydrogen) atoms. The van der Waals surface area contributed by atoms with E-state index >= 15 is 0 Å². The van der Waals surface area contributed by atoms with Crippen LogP contribution in [0.3, 0.4) is 0 Å². The molecule has 0 aliphatic rings. The van der Waals surface area contributed by atoms with Gasteiger partial charge in [0.15, 0.2) is 0 Å². The summed E-state index contributed by atoms with van der Waals surface area (Å²) in [5.41, 5.74) is 2.31. The molecular formula is C24H22N3O2+. The monoisotopic (exact) mass is 384 g/mol. The molecule has 4 aromatic rings. The first-order valence-corrected chi connectivity index (χ1v) is 9.40. The fraction of sp³-hybridized carbons (Fsp3) is 0.0833. The van der Waals surface area contributed by atoms with Crippen LogP contribution in [0.5, 0.6) is 11.5 Å². The highest BCUT2D eigenvalue weighted by Gasteiger charge is 2.24. The van der Waals surface area contributed by atoms with Crippen molar-refractivity contribution in [2.45, 2.75) is 6.04 Å². The van der Waals surface area contributed by atoms with Crippen LogP contribution in [-0.4, -0.2) is 16.7 Å². The molecule has 5 nitrogen and oxygen atoms in total. The highest BCUT2D eigenvalue weighted by atomic mass is 16.5. The fourth-order valence-corrected chi connectivity index (χ4v) is 3.27. The van der Waals surface area contributed by atoms with E-state index in [0.29, 0.717) is 12.1 Å². The smallest absolute Gasteiger partial charge is 0.272 e. The first-order valence-electron chi connectivity index (χ1n) is 9.40. The molecule has 5 heteroatoms. The number of aromatic hydroxyl groups is 1. The number of hydrogen-bond acceptors (Lipinski definition) is 4. The normalized spacial score (nSPS) is 11.7. The van der Waals surface area contributed by atoms with E-state index in [0.717, 1.165) is 28.1 Å². The third kappa shape index (κ3) is 4.04. The summed E-state index contributed by atoms with van der Waals surface area (Å²) in [7, 11) is 0. The van der Waals surface area contributed by atoms with Crippen LogP contribution in [-0.2, 0) is 0 Å². The predicted molar refractivity (Wildman–Crippen MR) is 114 cm³/mol.